The fourth-order valence-corrected chi connectivity index (χ4v) is 1.80. The van der Waals surface area contributed by atoms with Gasteiger partial charge in [0.2, 0.25) is 0 Å². The number of ether oxygens (including phenoxy) is 1. The molecule has 0 bridgehead atoms. The summed E-state index contributed by atoms with van der Waals surface area (Å²) in [4.78, 5) is 8.39. The van der Waals surface area contributed by atoms with Gasteiger partial charge < -0.3 is 15.8 Å². The summed E-state index contributed by atoms with van der Waals surface area (Å²) in [7, 11) is 0. The maximum Gasteiger partial charge on any atom is 0.191 e. The molecule has 1 saturated carbocycles. The van der Waals surface area contributed by atoms with E-state index >= 15 is 0 Å². The van der Waals surface area contributed by atoms with E-state index in [1.165, 1.54) is 24.6 Å². The molecule has 1 aliphatic rings. The summed E-state index contributed by atoms with van der Waals surface area (Å²) >= 11 is 1.48. The summed E-state index contributed by atoms with van der Waals surface area (Å²) in [5, 5.41) is 3.87. The van der Waals surface area contributed by atoms with E-state index in [0.29, 0.717) is 17.6 Å². The maximum absolute atomic E-state index is 5.68. The van der Waals surface area contributed by atoms with Crippen LogP contribution in [0.5, 0.6) is 0 Å². The van der Waals surface area contributed by atoms with Gasteiger partial charge in [0.15, 0.2) is 5.16 Å². The van der Waals surface area contributed by atoms with Gasteiger partial charge in [0.1, 0.15) is 11.6 Å². The maximum atomic E-state index is 5.68. The average molecular weight is 254 g/mol. The first-order valence-electron chi connectivity index (χ1n) is 5.78. The average Bonchev–Trinajstić information content (AvgIpc) is 3.12. The molecule has 5 nitrogen and oxygen atoms in total. The van der Waals surface area contributed by atoms with Crippen molar-refractivity contribution in [2.75, 3.05) is 37.1 Å². The predicted octanol–water partition coefficient (Wildman–Crippen LogP) is 1.62. The van der Waals surface area contributed by atoms with Crippen LogP contribution < -0.4 is 11.1 Å². The zero-order valence-electron chi connectivity index (χ0n) is 9.98. The van der Waals surface area contributed by atoms with Crippen LogP contribution in [0.25, 0.3) is 0 Å². The summed E-state index contributed by atoms with van der Waals surface area (Å²) < 4.78 is 5.52. The van der Waals surface area contributed by atoms with E-state index in [4.69, 9.17) is 10.5 Å². The summed E-state index contributed by atoms with van der Waals surface area (Å²) in [5.74, 6) is 2.07. The number of hydrogen-bond acceptors (Lipinski definition) is 6. The van der Waals surface area contributed by atoms with Crippen molar-refractivity contribution in [2.24, 2.45) is 5.92 Å². The Kier molecular flexibility index (Phi) is 4.44. The van der Waals surface area contributed by atoms with Gasteiger partial charge in [-0.25, -0.2) is 9.97 Å². The van der Waals surface area contributed by atoms with Gasteiger partial charge in [-0.1, -0.05) is 11.8 Å². The molecule has 1 aromatic heterocycles. The molecule has 1 heterocycles. The number of hydrogen-bond donors (Lipinski definition) is 2. The van der Waals surface area contributed by atoms with E-state index in [0.717, 1.165) is 24.9 Å². The van der Waals surface area contributed by atoms with Gasteiger partial charge in [-0.2, -0.15) is 0 Å². The number of rotatable bonds is 7. The van der Waals surface area contributed by atoms with Gasteiger partial charge in [0, 0.05) is 19.2 Å². The summed E-state index contributed by atoms with van der Waals surface area (Å²) in [6.07, 6.45) is 4.58. The first-order chi connectivity index (χ1) is 8.28. The van der Waals surface area contributed by atoms with Crippen molar-refractivity contribution in [3.8, 4) is 0 Å². The third-order valence-electron chi connectivity index (χ3n) is 2.51. The molecule has 1 aromatic rings. The number of aromatic nitrogens is 2. The molecular weight excluding hydrogens is 236 g/mol. The molecule has 0 aromatic carbocycles. The summed E-state index contributed by atoms with van der Waals surface area (Å²) in [6, 6.07) is 1.74. The van der Waals surface area contributed by atoms with E-state index in [1.54, 1.807) is 6.07 Å². The Morgan fingerprint density at radius 3 is 3.06 bits per heavy atom. The lowest BCUT2D eigenvalue weighted by Gasteiger charge is -2.07. The largest absolute Gasteiger partial charge is 0.383 e. The number of thioether (sulfide) groups is 1. The number of nitrogens with zero attached hydrogens (tertiary/aromatic N) is 2. The van der Waals surface area contributed by atoms with Crippen LogP contribution in [-0.2, 0) is 4.74 Å². The van der Waals surface area contributed by atoms with E-state index in [1.807, 2.05) is 6.26 Å². The molecule has 0 unspecified atom stereocenters. The van der Waals surface area contributed by atoms with Gasteiger partial charge in [0.05, 0.1) is 6.61 Å². The Bertz CT molecular complexity index is 370. The lowest BCUT2D eigenvalue weighted by Crippen LogP contribution is -2.12. The van der Waals surface area contributed by atoms with Gasteiger partial charge in [-0.05, 0) is 25.0 Å². The molecule has 0 atom stereocenters. The van der Waals surface area contributed by atoms with Gasteiger partial charge in [-0.3, -0.25) is 0 Å². The fourth-order valence-electron chi connectivity index (χ4n) is 1.41. The molecule has 1 aliphatic carbocycles. The molecule has 0 spiro atoms. The van der Waals surface area contributed by atoms with Crippen LogP contribution in [0.15, 0.2) is 11.2 Å². The van der Waals surface area contributed by atoms with E-state index in [9.17, 15) is 0 Å². The van der Waals surface area contributed by atoms with Crippen molar-refractivity contribution in [1.82, 2.24) is 9.97 Å². The Balaban J connectivity index is 1.71. The minimum absolute atomic E-state index is 0.491. The number of nitrogens with two attached hydrogens (primary N) is 1. The summed E-state index contributed by atoms with van der Waals surface area (Å²) in [5.41, 5.74) is 5.68. The smallest absolute Gasteiger partial charge is 0.191 e. The van der Waals surface area contributed by atoms with E-state index in [-0.39, 0.29) is 0 Å². The van der Waals surface area contributed by atoms with Crippen LogP contribution in [0.3, 0.4) is 0 Å². The number of anilines is 2. The van der Waals surface area contributed by atoms with E-state index < -0.39 is 0 Å². The van der Waals surface area contributed by atoms with Gasteiger partial charge in [0.25, 0.3) is 0 Å². The molecule has 17 heavy (non-hydrogen) atoms. The number of nitrogen functional groups attached to an aromatic ring is 1. The van der Waals surface area contributed by atoms with Crippen LogP contribution in [0.4, 0.5) is 11.6 Å². The standard InChI is InChI=1S/C11H18N4OS/c1-17-11-14-9(12)6-10(15-11)13-4-5-16-7-8-2-3-8/h6,8H,2-5,7H2,1H3,(H3,12,13,14,15). The molecule has 0 aliphatic heterocycles. The second-order valence-corrected chi connectivity index (χ2v) is 4.88. The minimum atomic E-state index is 0.491. The Hall–Kier alpha value is -1.01. The lowest BCUT2D eigenvalue weighted by molar-refractivity contribution is 0.134. The normalized spacial score (nSPS) is 14.9. The van der Waals surface area contributed by atoms with E-state index in [2.05, 4.69) is 15.3 Å². The van der Waals surface area contributed by atoms with Crippen LogP contribution in [-0.4, -0.2) is 36.0 Å². The monoisotopic (exact) mass is 254 g/mol. The zero-order valence-corrected chi connectivity index (χ0v) is 10.8. The lowest BCUT2D eigenvalue weighted by atomic mass is 10.5. The van der Waals surface area contributed by atoms with Crippen molar-refractivity contribution in [1.29, 1.82) is 0 Å². The quantitative estimate of drug-likeness (QED) is 0.437. The van der Waals surface area contributed by atoms with Crippen LogP contribution in [0.2, 0.25) is 0 Å². The molecular formula is C11H18N4OS. The first-order valence-corrected chi connectivity index (χ1v) is 7.00. The van der Waals surface area contributed by atoms with Gasteiger partial charge in [-0.15, -0.1) is 0 Å². The van der Waals surface area contributed by atoms with Gasteiger partial charge >= 0.3 is 0 Å². The highest BCUT2D eigenvalue weighted by molar-refractivity contribution is 7.98. The minimum Gasteiger partial charge on any atom is -0.383 e. The van der Waals surface area contributed by atoms with Crippen LogP contribution in [0, 0.1) is 5.92 Å². The third-order valence-corrected chi connectivity index (χ3v) is 3.06. The molecule has 0 radical (unpaired) electrons. The van der Waals surface area contributed by atoms with Crippen LogP contribution in [0.1, 0.15) is 12.8 Å². The molecule has 1 fully saturated rings. The topological polar surface area (TPSA) is 73.1 Å². The highest BCUT2D eigenvalue weighted by atomic mass is 32.2. The Morgan fingerprint density at radius 1 is 1.53 bits per heavy atom. The second-order valence-electron chi connectivity index (χ2n) is 4.11. The molecule has 2 rings (SSSR count). The predicted molar refractivity (Wildman–Crippen MR) is 70.3 cm³/mol. The molecule has 0 saturated heterocycles. The SMILES string of the molecule is CSc1nc(N)cc(NCCOCC2CC2)n1. The van der Waals surface area contributed by atoms with Crippen molar-refractivity contribution in [3.05, 3.63) is 6.07 Å². The highest BCUT2D eigenvalue weighted by Gasteiger charge is 2.20. The zero-order chi connectivity index (χ0) is 12.1. The summed E-state index contributed by atoms with van der Waals surface area (Å²) in [6.45, 7) is 2.34. The van der Waals surface area contributed by atoms with Crippen molar-refractivity contribution in [3.63, 3.8) is 0 Å². The highest BCUT2D eigenvalue weighted by Crippen LogP contribution is 2.28. The fraction of sp³-hybridized carbons (Fsp3) is 0.636. The van der Waals surface area contributed by atoms with Crippen molar-refractivity contribution >= 4 is 23.4 Å². The molecule has 6 heteroatoms. The first kappa shape index (κ1) is 12.4. The van der Waals surface area contributed by atoms with Crippen molar-refractivity contribution < 1.29 is 4.74 Å². The second kappa shape index (κ2) is 6.07. The van der Waals surface area contributed by atoms with Crippen LogP contribution >= 0.6 is 11.8 Å². The Morgan fingerprint density at radius 2 is 2.35 bits per heavy atom. The molecule has 0 amide bonds. The molecule has 3 N–H and O–H groups in total. The Labute approximate surface area is 106 Å². The number of nitrogens with one attached hydrogen (secondary N) is 1. The third kappa shape index (κ3) is 4.40. The molecule has 94 valence electrons. The van der Waals surface area contributed by atoms with Crippen molar-refractivity contribution in [2.45, 2.75) is 18.0 Å².